The Labute approximate surface area is 122 Å². The van der Waals surface area contributed by atoms with Crippen molar-refractivity contribution >= 4 is 28.3 Å². The summed E-state index contributed by atoms with van der Waals surface area (Å²) in [6.45, 7) is 4.04. The lowest BCUT2D eigenvalue weighted by Gasteiger charge is -2.23. The zero-order chi connectivity index (χ0) is 14.1. The van der Waals surface area contributed by atoms with Gasteiger partial charge < -0.3 is 10.6 Å². The molecular formula is C16H16N2OS. The Balaban J connectivity index is 1.82. The van der Waals surface area contributed by atoms with Gasteiger partial charge in [-0.05, 0) is 31.1 Å². The lowest BCUT2D eigenvalue weighted by Crippen LogP contribution is -2.43. The van der Waals surface area contributed by atoms with Crippen LogP contribution in [0.5, 0.6) is 0 Å². The van der Waals surface area contributed by atoms with Crippen molar-refractivity contribution < 1.29 is 4.79 Å². The minimum absolute atomic E-state index is 0.00307. The molecule has 0 fully saturated rings. The van der Waals surface area contributed by atoms with Crippen molar-refractivity contribution in [2.75, 3.05) is 5.32 Å². The Hall–Kier alpha value is -2.07. The van der Waals surface area contributed by atoms with E-state index in [0.29, 0.717) is 0 Å². The molecule has 0 aliphatic carbocycles. The van der Waals surface area contributed by atoms with Crippen molar-refractivity contribution in [3.8, 4) is 0 Å². The second kappa shape index (κ2) is 5.13. The minimum Gasteiger partial charge on any atom is -0.353 e. The van der Waals surface area contributed by atoms with Crippen LogP contribution in [-0.2, 0) is 0 Å². The fourth-order valence-electron chi connectivity index (χ4n) is 2.26. The Morgan fingerprint density at radius 2 is 1.90 bits per heavy atom. The normalized spacial score (nSPS) is 17.7. The van der Waals surface area contributed by atoms with Gasteiger partial charge in [0, 0.05) is 4.88 Å². The average molecular weight is 284 g/mol. The number of amides is 1. The molecule has 0 saturated carbocycles. The highest BCUT2D eigenvalue weighted by molar-refractivity contribution is 7.16. The number of anilines is 1. The van der Waals surface area contributed by atoms with Gasteiger partial charge in [0.15, 0.2) is 0 Å². The van der Waals surface area contributed by atoms with Gasteiger partial charge in [0.1, 0.15) is 11.2 Å². The summed E-state index contributed by atoms with van der Waals surface area (Å²) in [5.41, 5.74) is 2.98. The van der Waals surface area contributed by atoms with Gasteiger partial charge in [-0.2, -0.15) is 0 Å². The summed E-state index contributed by atoms with van der Waals surface area (Å²) in [5.74, 6) is 0.00307. The molecule has 20 heavy (non-hydrogen) atoms. The highest BCUT2D eigenvalue weighted by Gasteiger charge is 2.26. The Morgan fingerprint density at radius 1 is 1.15 bits per heavy atom. The summed E-state index contributed by atoms with van der Waals surface area (Å²) < 4.78 is 0. The second-order valence-electron chi connectivity index (χ2n) is 4.85. The number of carbonyl (C=O) groups excluding carboxylic acids is 1. The molecule has 3 nitrogen and oxygen atoms in total. The van der Waals surface area contributed by atoms with E-state index in [1.54, 1.807) is 11.3 Å². The van der Waals surface area contributed by atoms with E-state index >= 15 is 0 Å². The molecule has 0 bridgehead atoms. The highest BCUT2D eigenvalue weighted by Crippen LogP contribution is 2.34. The number of aryl methyl sites for hydroxylation is 1. The molecule has 4 heteroatoms. The summed E-state index contributed by atoms with van der Waals surface area (Å²) >= 11 is 1.64. The molecule has 0 unspecified atom stereocenters. The van der Waals surface area contributed by atoms with Crippen molar-refractivity contribution in [1.82, 2.24) is 5.32 Å². The molecule has 2 heterocycles. The summed E-state index contributed by atoms with van der Waals surface area (Å²) in [6, 6.07) is 10.0. The quantitative estimate of drug-likeness (QED) is 0.885. The zero-order valence-corrected chi connectivity index (χ0v) is 12.3. The first-order valence-corrected chi connectivity index (χ1v) is 7.37. The lowest BCUT2D eigenvalue weighted by atomic mass is 10.1. The van der Waals surface area contributed by atoms with Crippen LogP contribution < -0.4 is 10.6 Å². The standard InChI is InChI=1S/C16H16N2OS/c1-10-11(2)20-16-14(10)15(19)17-13(18-16)9-8-12-6-4-3-5-7-12/h3-9,13,18H,1-2H3,(H,17,19)/b9-8+/t13-/m0/s1. The number of hydrogen-bond acceptors (Lipinski definition) is 3. The van der Waals surface area contributed by atoms with Crippen LogP contribution in [0.3, 0.4) is 0 Å². The molecule has 1 atom stereocenters. The first kappa shape index (κ1) is 12.9. The third-order valence-electron chi connectivity index (χ3n) is 3.47. The van der Waals surface area contributed by atoms with Crippen LogP contribution in [0.25, 0.3) is 6.08 Å². The number of thiophene rings is 1. The molecular weight excluding hydrogens is 268 g/mol. The maximum absolute atomic E-state index is 12.2. The number of nitrogens with one attached hydrogen (secondary N) is 2. The van der Waals surface area contributed by atoms with Crippen LogP contribution in [0.4, 0.5) is 5.00 Å². The topological polar surface area (TPSA) is 41.1 Å². The first-order valence-electron chi connectivity index (χ1n) is 6.56. The molecule has 0 radical (unpaired) electrons. The van der Waals surface area contributed by atoms with Crippen LogP contribution in [0.1, 0.15) is 26.4 Å². The number of benzene rings is 1. The molecule has 0 spiro atoms. The smallest absolute Gasteiger partial charge is 0.256 e. The number of rotatable bonds is 2. The predicted molar refractivity (Wildman–Crippen MR) is 84.1 cm³/mol. The zero-order valence-electron chi connectivity index (χ0n) is 11.4. The summed E-state index contributed by atoms with van der Waals surface area (Å²) in [6.07, 6.45) is 3.82. The van der Waals surface area contributed by atoms with Crippen molar-refractivity contribution in [2.24, 2.45) is 0 Å². The molecule has 2 aromatic rings. The second-order valence-corrected chi connectivity index (χ2v) is 6.08. The number of carbonyl (C=O) groups is 1. The lowest BCUT2D eigenvalue weighted by molar-refractivity contribution is 0.0943. The van der Waals surface area contributed by atoms with Crippen molar-refractivity contribution in [1.29, 1.82) is 0 Å². The molecule has 1 amide bonds. The van der Waals surface area contributed by atoms with Gasteiger partial charge >= 0.3 is 0 Å². The Morgan fingerprint density at radius 3 is 2.65 bits per heavy atom. The molecule has 102 valence electrons. The maximum Gasteiger partial charge on any atom is 0.256 e. The monoisotopic (exact) mass is 284 g/mol. The third kappa shape index (κ3) is 2.34. The molecule has 1 aliphatic heterocycles. The van der Waals surface area contributed by atoms with Crippen LogP contribution in [-0.4, -0.2) is 12.1 Å². The predicted octanol–water partition coefficient (Wildman–Crippen LogP) is 3.56. The van der Waals surface area contributed by atoms with Crippen LogP contribution in [0.2, 0.25) is 0 Å². The van der Waals surface area contributed by atoms with Gasteiger partial charge in [-0.15, -0.1) is 11.3 Å². The fourth-order valence-corrected chi connectivity index (χ4v) is 3.36. The maximum atomic E-state index is 12.2. The van der Waals surface area contributed by atoms with Crippen LogP contribution in [0, 0.1) is 13.8 Å². The van der Waals surface area contributed by atoms with E-state index in [4.69, 9.17) is 0 Å². The van der Waals surface area contributed by atoms with Gasteiger partial charge in [-0.1, -0.05) is 36.4 Å². The third-order valence-corrected chi connectivity index (χ3v) is 4.60. The number of fused-ring (bicyclic) bond motifs is 1. The molecule has 1 aromatic carbocycles. The number of hydrogen-bond donors (Lipinski definition) is 2. The largest absolute Gasteiger partial charge is 0.353 e. The van der Waals surface area contributed by atoms with Gasteiger partial charge in [0.25, 0.3) is 5.91 Å². The van der Waals surface area contributed by atoms with Gasteiger partial charge in [-0.25, -0.2) is 0 Å². The first-order chi connectivity index (χ1) is 9.65. The average Bonchev–Trinajstić information content (AvgIpc) is 2.73. The summed E-state index contributed by atoms with van der Waals surface area (Å²) in [7, 11) is 0. The van der Waals surface area contributed by atoms with Gasteiger partial charge in [0.2, 0.25) is 0 Å². The SMILES string of the molecule is Cc1sc2c(c1C)C(=O)N[C@H](/C=C/c1ccccc1)N2. The fraction of sp³-hybridized carbons (Fsp3) is 0.188. The summed E-state index contributed by atoms with van der Waals surface area (Å²) in [5, 5.41) is 7.29. The van der Waals surface area contributed by atoms with E-state index in [2.05, 4.69) is 10.6 Å². The Kier molecular flexibility index (Phi) is 3.32. The van der Waals surface area contributed by atoms with Gasteiger partial charge in [0.05, 0.1) is 5.56 Å². The van der Waals surface area contributed by atoms with E-state index in [0.717, 1.165) is 21.7 Å². The molecule has 1 aromatic heterocycles. The van der Waals surface area contributed by atoms with Crippen molar-refractivity contribution in [3.63, 3.8) is 0 Å². The molecule has 2 N–H and O–H groups in total. The van der Waals surface area contributed by atoms with Crippen molar-refractivity contribution in [3.05, 3.63) is 58.0 Å². The van der Waals surface area contributed by atoms with E-state index in [1.807, 2.05) is 56.3 Å². The van der Waals surface area contributed by atoms with Crippen LogP contribution in [0.15, 0.2) is 36.4 Å². The molecule has 1 aliphatic rings. The van der Waals surface area contributed by atoms with E-state index in [9.17, 15) is 4.79 Å². The summed E-state index contributed by atoms with van der Waals surface area (Å²) in [4.78, 5) is 13.3. The van der Waals surface area contributed by atoms with Gasteiger partial charge in [-0.3, -0.25) is 4.79 Å². The van der Waals surface area contributed by atoms with E-state index in [1.165, 1.54) is 4.88 Å². The van der Waals surface area contributed by atoms with E-state index in [-0.39, 0.29) is 12.1 Å². The molecule has 0 saturated heterocycles. The van der Waals surface area contributed by atoms with Crippen molar-refractivity contribution in [2.45, 2.75) is 20.0 Å². The molecule has 3 rings (SSSR count). The Bertz CT molecular complexity index is 673. The highest BCUT2D eigenvalue weighted by atomic mass is 32.1. The minimum atomic E-state index is -0.160. The van der Waals surface area contributed by atoms with Crippen LogP contribution >= 0.6 is 11.3 Å². The van der Waals surface area contributed by atoms with E-state index < -0.39 is 0 Å².